The third-order valence-electron chi connectivity index (χ3n) is 9.46. The second kappa shape index (κ2) is 14.9. The number of hydroxylamine groups is 1. The van der Waals surface area contributed by atoms with Gasteiger partial charge in [-0.05, 0) is 44.7 Å². The van der Waals surface area contributed by atoms with Gasteiger partial charge in [-0.15, -0.1) is 17.2 Å². The number of carbonyl (C=O) groups excluding carboxylic acids is 4. The van der Waals surface area contributed by atoms with Crippen LogP contribution in [0.25, 0.3) is 10.8 Å². The minimum atomic E-state index is -1.48. The molecule has 3 aliphatic rings. The molecule has 2 unspecified atom stereocenters. The maximum Gasteiger partial charge on any atom is 0.346 e. The van der Waals surface area contributed by atoms with Crippen LogP contribution in [-0.2, 0) is 19.2 Å². The molecule has 3 saturated heterocycles. The van der Waals surface area contributed by atoms with Gasteiger partial charge in [0.2, 0.25) is 5.91 Å². The van der Waals surface area contributed by atoms with Crippen molar-refractivity contribution >= 4 is 63.5 Å². The van der Waals surface area contributed by atoms with Crippen molar-refractivity contribution in [2.24, 2.45) is 5.92 Å². The zero-order chi connectivity index (χ0) is 33.8. The number of hydrogen-bond acceptors (Lipinski definition) is 10. The predicted molar refractivity (Wildman–Crippen MR) is 180 cm³/mol. The fraction of sp³-hybridized carbons (Fsp3) is 0.606. The molecule has 2 aromatic rings. The Kier molecular flexibility index (Phi) is 11.1. The molecule has 3 aliphatic heterocycles. The van der Waals surface area contributed by atoms with Gasteiger partial charge in [-0.25, -0.2) is 9.59 Å². The quantitative estimate of drug-likeness (QED) is 0.171. The van der Waals surface area contributed by atoms with Crippen molar-refractivity contribution in [1.82, 2.24) is 16.1 Å². The lowest BCUT2D eigenvalue weighted by Crippen LogP contribution is -2.72. The van der Waals surface area contributed by atoms with Gasteiger partial charge >= 0.3 is 23.6 Å². The number of anilines is 1. The summed E-state index contributed by atoms with van der Waals surface area (Å²) in [5, 5.41) is 9.61. The van der Waals surface area contributed by atoms with Gasteiger partial charge in [-0.1, -0.05) is 63.6 Å². The maximum atomic E-state index is 15.2. The number of carbonyl (C=O) groups is 4. The normalized spacial score (nSPS) is 26.4. The van der Waals surface area contributed by atoms with Crippen LogP contribution in [0.3, 0.4) is 0 Å². The number of hydrogen-bond donors (Lipinski definition) is 4. The Labute approximate surface area is 282 Å². The first kappa shape index (κ1) is 35.0. The Morgan fingerprint density at radius 1 is 1.11 bits per heavy atom. The number of nitrogens with one attached hydrogen (secondary N) is 4. The van der Waals surface area contributed by atoms with Gasteiger partial charge in [0.1, 0.15) is 10.6 Å². The molecule has 5 rings (SSSR count). The summed E-state index contributed by atoms with van der Waals surface area (Å²) in [4.78, 5) is 73.3. The number of unbranched alkanes of at least 4 members (excludes halogenated alkanes) is 2. The largest absolute Gasteiger partial charge is 0.464 e. The number of fused-ring (bicyclic) bond motifs is 3. The first-order valence-electron chi connectivity index (χ1n) is 16.5. The highest BCUT2D eigenvalue weighted by Gasteiger charge is 2.67. The number of halogens is 1. The summed E-state index contributed by atoms with van der Waals surface area (Å²) in [5.41, 5.74) is 1.12. The molecule has 3 fully saturated rings. The number of ether oxygens (including phenoxy) is 1. The number of thioether (sulfide) groups is 1. The average Bonchev–Trinajstić information content (AvgIpc) is 3.61. The molecule has 1 spiro atoms. The van der Waals surface area contributed by atoms with E-state index in [0.717, 1.165) is 12.8 Å². The van der Waals surface area contributed by atoms with Crippen LogP contribution < -0.4 is 31.8 Å². The first-order chi connectivity index (χ1) is 22.6. The van der Waals surface area contributed by atoms with Gasteiger partial charge in [0.15, 0.2) is 5.78 Å². The molecular weight excluding hydrogens is 648 g/mol. The van der Waals surface area contributed by atoms with E-state index in [0.29, 0.717) is 49.7 Å². The second-order valence-corrected chi connectivity index (χ2v) is 14.2. The van der Waals surface area contributed by atoms with Crippen molar-refractivity contribution in [2.75, 3.05) is 17.7 Å². The Balaban J connectivity index is 1.56. The summed E-state index contributed by atoms with van der Waals surface area (Å²) < 4.78 is 9.71. The first-order valence-corrected chi connectivity index (χ1v) is 17.9. The number of benzene rings is 1. The molecule has 4 heterocycles. The van der Waals surface area contributed by atoms with Crippen molar-refractivity contribution in [2.45, 2.75) is 107 Å². The molecule has 1 aromatic carbocycles. The number of amides is 3. The monoisotopic (exact) mass is 690 g/mol. The molecule has 47 heavy (non-hydrogen) atoms. The zero-order valence-corrected chi connectivity index (χ0v) is 28.6. The highest BCUT2D eigenvalue weighted by molar-refractivity contribution is 8.01. The van der Waals surface area contributed by atoms with E-state index >= 15 is 4.79 Å². The van der Waals surface area contributed by atoms with Gasteiger partial charge < -0.3 is 29.9 Å². The van der Waals surface area contributed by atoms with E-state index in [1.165, 1.54) is 6.07 Å². The maximum absolute atomic E-state index is 15.2. The van der Waals surface area contributed by atoms with Crippen molar-refractivity contribution < 1.29 is 33.2 Å². The Hall–Kier alpha value is -3.29. The summed E-state index contributed by atoms with van der Waals surface area (Å²) in [7, 11) is 0. The van der Waals surface area contributed by atoms with Crippen LogP contribution in [0.5, 0.6) is 5.95 Å². The van der Waals surface area contributed by atoms with Crippen molar-refractivity contribution in [3.63, 3.8) is 0 Å². The van der Waals surface area contributed by atoms with Crippen LogP contribution in [0.2, 0.25) is 5.02 Å². The Morgan fingerprint density at radius 3 is 2.64 bits per heavy atom. The molecule has 0 bridgehead atoms. The fourth-order valence-corrected chi connectivity index (χ4v) is 9.31. The van der Waals surface area contributed by atoms with Crippen LogP contribution in [0.1, 0.15) is 85.0 Å². The van der Waals surface area contributed by atoms with Crippen molar-refractivity contribution in [3.8, 4) is 5.95 Å². The van der Waals surface area contributed by atoms with Crippen LogP contribution in [0.4, 0.5) is 10.5 Å². The van der Waals surface area contributed by atoms with Crippen LogP contribution in [0.15, 0.2) is 27.4 Å². The minimum Gasteiger partial charge on any atom is -0.464 e. The molecule has 4 N–H and O–H groups in total. The van der Waals surface area contributed by atoms with E-state index in [9.17, 15) is 19.2 Å². The highest BCUT2D eigenvalue weighted by Crippen LogP contribution is 2.54. The van der Waals surface area contributed by atoms with Gasteiger partial charge in [-0.3, -0.25) is 14.4 Å². The summed E-state index contributed by atoms with van der Waals surface area (Å²) in [6.45, 7) is 5.99. The number of urea groups is 1. The van der Waals surface area contributed by atoms with Crippen LogP contribution in [0, 0.1) is 5.92 Å². The van der Waals surface area contributed by atoms with E-state index in [2.05, 4.69) is 21.4 Å². The van der Waals surface area contributed by atoms with Crippen molar-refractivity contribution in [3.05, 3.63) is 33.6 Å². The third-order valence-corrected chi connectivity index (χ3v) is 11.7. The Morgan fingerprint density at radius 2 is 1.89 bits per heavy atom. The summed E-state index contributed by atoms with van der Waals surface area (Å²) in [5.74, 6) is -2.04. The molecular formula is C33H43ClN4O8S. The SMILES string of the molecule is CCCCC(C(=O)Nc1ccc2c(Cl)c(OCC)oc(=O)c2c1)C(=O)C1(CCCC)NOC(=O)CCCC[C@]12SC[C@H]1NC(=O)N[C@H]12. The summed E-state index contributed by atoms with van der Waals surface area (Å²) in [6.07, 6.45) is 5.20. The highest BCUT2D eigenvalue weighted by atomic mass is 35.5. The van der Waals surface area contributed by atoms with Gasteiger partial charge in [0.25, 0.3) is 0 Å². The number of Topliss-reactive ketones (excluding diaryl/α,β-unsaturated/α-hetero) is 1. The van der Waals surface area contributed by atoms with E-state index in [1.807, 2.05) is 13.8 Å². The van der Waals surface area contributed by atoms with Gasteiger partial charge in [0.05, 0.1) is 34.7 Å². The lowest BCUT2D eigenvalue weighted by atomic mass is 9.66. The van der Waals surface area contributed by atoms with Crippen LogP contribution in [-0.4, -0.2) is 58.4 Å². The fourth-order valence-electron chi connectivity index (χ4n) is 7.11. The van der Waals surface area contributed by atoms with E-state index in [4.69, 9.17) is 25.6 Å². The summed E-state index contributed by atoms with van der Waals surface area (Å²) >= 11 is 8.02. The summed E-state index contributed by atoms with van der Waals surface area (Å²) in [6, 6.07) is 3.72. The van der Waals surface area contributed by atoms with E-state index in [1.54, 1.807) is 30.8 Å². The molecule has 5 atom stereocenters. The molecule has 3 amide bonds. The molecule has 256 valence electrons. The van der Waals surface area contributed by atoms with Crippen molar-refractivity contribution in [1.29, 1.82) is 0 Å². The lowest BCUT2D eigenvalue weighted by molar-refractivity contribution is -0.162. The smallest absolute Gasteiger partial charge is 0.346 e. The predicted octanol–water partition coefficient (Wildman–Crippen LogP) is 5.25. The molecule has 14 heteroatoms. The van der Waals surface area contributed by atoms with E-state index in [-0.39, 0.29) is 59.3 Å². The molecule has 0 aliphatic carbocycles. The minimum absolute atomic E-state index is 0.0798. The zero-order valence-electron chi connectivity index (χ0n) is 27.0. The molecule has 0 saturated carbocycles. The third kappa shape index (κ3) is 6.71. The number of rotatable bonds is 12. The van der Waals surface area contributed by atoms with Gasteiger partial charge in [-0.2, -0.15) is 0 Å². The topological polar surface area (TPSA) is 165 Å². The van der Waals surface area contributed by atoms with Gasteiger partial charge in [0, 0.05) is 23.2 Å². The average molecular weight is 691 g/mol. The second-order valence-electron chi connectivity index (χ2n) is 12.4. The molecule has 12 nitrogen and oxygen atoms in total. The lowest BCUT2D eigenvalue weighted by Gasteiger charge is -2.50. The van der Waals surface area contributed by atoms with E-state index < -0.39 is 39.7 Å². The molecule has 0 radical (unpaired) electrons. The molecule has 1 aromatic heterocycles. The standard InChI is InChI=1S/C33H43ClN4O8S/c1-4-7-11-21(28(41)35-19-13-14-20-22(17-19)29(42)45-30(25(20)34)44-6-3)27(40)32(15-8-5-2)33(16-10-9-12-24(39)46-38-32)26-23(18-47-33)36-31(43)37-26/h13-14,17,21,23,26,38H,4-12,15-16,18H2,1-3H3,(H,35,41)(H2,36,37,43)/t21?,23-,26-,32?,33-/m1/s1. The Bertz CT molecular complexity index is 1590. The number of ketones is 1. The van der Waals surface area contributed by atoms with Crippen LogP contribution >= 0.6 is 23.4 Å².